The molecule has 1 aromatic heterocycles. The molecule has 5 nitrogen and oxygen atoms in total. The van der Waals surface area contributed by atoms with Crippen LogP contribution in [0.25, 0.3) is 0 Å². The molecule has 16 heavy (non-hydrogen) atoms. The van der Waals surface area contributed by atoms with E-state index in [0.717, 1.165) is 0 Å². The molecule has 1 heterocycles. The van der Waals surface area contributed by atoms with E-state index in [-0.39, 0.29) is 17.4 Å². The Bertz CT molecular complexity index is 415. The van der Waals surface area contributed by atoms with E-state index in [1.165, 1.54) is 19.3 Å². The van der Waals surface area contributed by atoms with Crippen molar-refractivity contribution in [2.75, 3.05) is 0 Å². The molecule has 0 spiro atoms. The summed E-state index contributed by atoms with van der Waals surface area (Å²) in [5, 5.41) is 10.8. The Morgan fingerprint density at radius 3 is 2.56 bits per heavy atom. The van der Waals surface area contributed by atoms with Crippen LogP contribution in [0.2, 0.25) is 0 Å². The van der Waals surface area contributed by atoms with Crippen LogP contribution in [0, 0.1) is 16.0 Å². The highest BCUT2D eigenvalue weighted by atomic mass is 16.6. The van der Waals surface area contributed by atoms with Gasteiger partial charge in [0, 0.05) is 11.8 Å². The normalized spacial score (nSPS) is 12.5. The minimum absolute atomic E-state index is 0.0265. The molecule has 0 aliphatic rings. The number of ketones is 1. The summed E-state index contributed by atoms with van der Waals surface area (Å²) < 4.78 is 0. The third kappa shape index (κ3) is 2.42. The number of hydrogen-bond donors (Lipinski definition) is 0. The minimum Gasteiger partial charge on any atom is -0.299 e. The van der Waals surface area contributed by atoms with E-state index in [9.17, 15) is 14.9 Å². The zero-order valence-corrected chi connectivity index (χ0v) is 9.51. The lowest BCUT2D eigenvalue weighted by Crippen LogP contribution is -2.16. The Morgan fingerprint density at radius 1 is 1.50 bits per heavy atom. The van der Waals surface area contributed by atoms with Crippen LogP contribution in [-0.4, -0.2) is 15.7 Å². The lowest BCUT2D eigenvalue weighted by Gasteiger charge is -2.17. The summed E-state index contributed by atoms with van der Waals surface area (Å²) in [5.74, 6) is -0.480. The Kier molecular flexibility index (Phi) is 3.71. The number of carbonyl (C=O) groups excluding carboxylic acids is 1. The Labute approximate surface area is 93.7 Å². The van der Waals surface area contributed by atoms with Gasteiger partial charge in [-0.05, 0) is 18.9 Å². The number of pyridine rings is 1. The minimum atomic E-state index is -0.499. The maximum Gasteiger partial charge on any atom is 0.291 e. The van der Waals surface area contributed by atoms with E-state index in [2.05, 4.69) is 4.98 Å². The van der Waals surface area contributed by atoms with Crippen molar-refractivity contribution in [3.63, 3.8) is 0 Å². The van der Waals surface area contributed by atoms with Crippen molar-refractivity contribution in [2.24, 2.45) is 5.92 Å². The summed E-state index contributed by atoms with van der Waals surface area (Å²) in [6.07, 6.45) is 2.66. The van der Waals surface area contributed by atoms with E-state index in [4.69, 9.17) is 0 Å². The molecule has 0 saturated carbocycles. The van der Waals surface area contributed by atoms with Gasteiger partial charge in [0.15, 0.2) is 0 Å². The van der Waals surface area contributed by atoms with E-state index in [1.54, 1.807) is 6.07 Å². The second-order valence-corrected chi connectivity index (χ2v) is 4.02. The summed E-state index contributed by atoms with van der Waals surface area (Å²) in [6, 6.07) is 1.55. The highest BCUT2D eigenvalue weighted by Crippen LogP contribution is 2.31. The van der Waals surface area contributed by atoms with Crippen LogP contribution in [0.5, 0.6) is 0 Å². The van der Waals surface area contributed by atoms with Gasteiger partial charge in [-0.2, -0.15) is 0 Å². The van der Waals surface area contributed by atoms with E-state index < -0.39 is 10.8 Å². The Morgan fingerprint density at radius 2 is 2.12 bits per heavy atom. The van der Waals surface area contributed by atoms with Gasteiger partial charge in [0.1, 0.15) is 12.0 Å². The molecule has 1 aromatic rings. The van der Waals surface area contributed by atoms with Crippen LogP contribution < -0.4 is 0 Å². The largest absolute Gasteiger partial charge is 0.299 e. The van der Waals surface area contributed by atoms with Crippen molar-refractivity contribution in [3.8, 4) is 0 Å². The van der Waals surface area contributed by atoms with Crippen LogP contribution in [0.1, 0.15) is 32.3 Å². The van der Waals surface area contributed by atoms with Crippen molar-refractivity contribution in [3.05, 3.63) is 34.1 Å². The van der Waals surface area contributed by atoms with Gasteiger partial charge in [-0.3, -0.25) is 19.9 Å². The van der Waals surface area contributed by atoms with Crippen LogP contribution in [0.3, 0.4) is 0 Å². The number of carbonyl (C=O) groups is 1. The predicted octanol–water partition coefficient (Wildman–Crippen LogP) is 2.32. The van der Waals surface area contributed by atoms with Crippen LogP contribution >= 0.6 is 0 Å². The topological polar surface area (TPSA) is 73.1 Å². The number of Topliss-reactive ketones (excluding diaryl/α,β-unsaturated/α-hetero) is 1. The molecule has 1 rings (SSSR count). The second-order valence-electron chi connectivity index (χ2n) is 4.02. The zero-order valence-electron chi connectivity index (χ0n) is 9.51. The van der Waals surface area contributed by atoms with Gasteiger partial charge in [0.05, 0.1) is 10.8 Å². The molecule has 0 aromatic carbocycles. The lowest BCUT2D eigenvalue weighted by molar-refractivity contribution is -0.386. The van der Waals surface area contributed by atoms with Crippen molar-refractivity contribution < 1.29 is 9.72 Å². The first kappa shape index (κ1) is 12.3. The van der Waals surface area contributed by atoms with Gasteiger partial charge in [-0.25, -0.2) is 0 Å². The maximum atomic E-state index is 11.5. The lowest BCUT2D eigenvalue weighted by atomic mass is 9.85. The number of nitro groups is 1. The highest BCUT2D eigenvalue weighted by molar-refractivity contribution is 5.84. The first-order valence-electron chi connectivity index (χ1n) is 5.04. The molecule has 1 atom stereocenters. The summed E-state index contributed by atoms with van der Waals surface area (Å²) in [4.78, 5) is 25.6. The van der Waals surface area contributed by atoms with Crippen molar-refractivity contribution in [2.45, 2.75) is 26.7 Å². The quantitative estimate of drug-likeness (QED) is 0.578. The number of nitrogens with zero attached hydrogens (tertiary/aromatic N) is 2. The molecule has 0 radical (unpaired) electrons. The molecule has 0 aliphatic carbocycles. The van der Waals surface area contributed by atoms with Crippen molar-refractivity contribution >= 4 is 11.5 Å². The molecule has 0 saturated heterocycles. The summed E-state index contributed by atoms with van der Waals surface area (Å²) in [7, 11) is 0. The monoisotopic (exact) mass is 222 g/mol. The maximum absolute atomic E-state index is 11.5. The number of hydrogen-bond acceptors (Lipinski definition) is 4. The molecule has 0 bridgehead atoms. The smallest absolute Gasteiger partial charge is 0.291 e. The Balaban J connectivity index is 3.29. The molecule has 0 amide bonds. The SMILES string of the molecule is CC(=O)C(c1ccncc1[N+](=O)[O-])C(C)C. The second kappa shape index (κ2) is 4.83. The zero-order chi connectivity index (χ0) is 12.3. The average molecular weight is 222 g/mol. The number of rotatable bonds is 4. The fourth-order valence-electron chi connectivity index (χ4n) is 1.86. The van der Waals surface area contributed by atoms with Crippen molar-refractivity contribution in [1.82, 2.24) is 4.98 Å². The molecular formula is C11H14N2O3. The van der Waals surface area contributed by atoms with Gasteiger partial charge in [0.2, 0.25) is 0 Å². The van der Waals surface area contributed by atoms with Gasteiger partial charge in [-0.15, -0.1) is 0 Å². The van der Waals surface area contributed by atoms with Gasteiger partial charge in [0.25, 0.3) is 5.69 Å². The Hall–Kier alpha value is -1.78. The first-order chi connectivity index (χ1) is 7.45. The standard InChI is InChI=1S/C11H14N2O3/c1-7(2)11(8(3)14)9-4-5-12-6-10(9)13(15)16/h4-7,11H,1-3H3. The molecule has 0 aliphatic heterocycles. The van der Waals surface area contributed by atoms with Gasteiger partial charge >= 0.3 is 0 Å². The molecule has 0 fully saturated rings. The summed E-state index contributed by atoms with van der Waals surface area (Å²) >= 11 is 0. The highest BCUT2D eigenvalue weighted by Gasteiger charge is 2.27. The van der Waals surface area contributed by atoms with Crippen LogP contribution in [0.15, 0.2) is 18.5 Å². The first-order valence-corrected chi connectivity index (χ1v) is 5.04. The van der Waals surface area contributed by atoms with E-state index >= 15 is 0 Å². The third-order valence-corrected chi connectivity index (χ3v) is 2.47. The predicted molar refractivity (Wildman–Crippen MR) is 59.2 cm³/mol. The summed E-state index contributed by atoms with van der Waals surface area (Å²) in [6.45, 7) is 5.20. The average Bonchev–Trinajstić information content (AvgIpc) is 2.17. The van der Waals surface area contributed by atoms with E-state index in [0.29, 0.717) is 5.56 Å². The molecule has 1 unspecified atom stereocenters. The van der Waals surface area contributed by atoms with Crippen LogP contribution in [0.4, 0.5) is 5.69 Å². The fourth-order valence-corrected chi connectivity index (χ4v) is 1.86. The van der Waals surface area contributed by atoms with Gasteiger partial charge in [-0.1, -0.05) is 13.8 Å². The molecule has 86 valence electrons. The number of aromatic nitrogens is 1. The molecule has 0 N–H and O–H groups in total. The van der Waals surface area contributed by atoms with E-state index in [1.807, 2.05) is 13.8 Å². The third-order valence-electron chi connectivity index (χ3n) is 2.47. The molecule has 5 heteroatoms. The fraction of sp³-hybridized carbons (Fsp3) is 0.455. The molecular weight excluding hydrogens is 208 g/mol. The summed E-state index contributed by atoms with van der Waals surface area (Å²) in [5.41, 5.74) is 0.360. The van der Waals surface area contributed by atoms with Crippen LogP contribution in [-0.2, 0) is 4.79 Å². The van der Waals surface area contributed by atoms with Gasteiger partial charge < -0.3 is 0 Å². The van der Waals surface area contributed by atoms with Crippen molar-refractivity contribution in [1.29, 1.82) is 0 Å².